The highest BCUT2D eigenvalue weighted by atomic mass is 15.0. The SMILES string of the molecule is Nc1c2c(nc3c1c1ccccc1n3Cc1ccccc1)CCCC2. The van der Waals surface area contributed by atoms with Crippen LogP contribution in [0.15, 0.2) is 54.6 Å². The number of aryl methyl sites for hydroxylation is 1. The molecule has 0 bridgehead atoms. The predicted octanol–water partition coefficient (Wildman–Crippen LogP) is 4.70. The number of benzene rings is 2. The molecular weight excluding hydrogens is 306 g/mol. The largest absolute Gasteiger partial charge is 0.398 e. The van der Waals surface area contributed by atoms with Crippen LogP contribution in [0.25, 0.3) is 21.9 Å². The lowest BCUT2D eigenvalue weighted by Crippen LogP contribution is -2.10. The van der Waals surface area contributed by atoms with Crippen LogP contribution in [0.3, 0.4) is 0 Å². The van der Waals surface area contributed by atoms with Gasteiger partial charge in [-0.25, -0.2) is 4.98 Å². The number of aromatic nitrogens is 2. The van der Waals surface area contributed by atoms with E-state index in [1.807, 2.05) is 0 Å². The molecule has 3 heteroatoms. The first kappa shape index (κ1) is 14.5. The number of fused-ring (bicyclic) bond motifs is 4. The molecular formula is C22H21N3. The Morgan fingerprint density at radius 1 is 0.920 bits per heavy atom. The second kappa shape index (κ2) is 5.62. The van der Waals surface area contributed by atoms with Crippen LogP contribution in [0, 0.1) is 0 Å². The molecule has 1 aliphatic rings. The molecule has 0 atom stereocenters. The minimum absolute atomic E-state index is 0.816. The number of para-hydroxylation sites is 1. The van der Waals surface area contributed by atoms with Gasteiger partial charge >= 0.3 is 0 Å². The van der Waals surface area contributed by atoms with Crippen LogP contribution in [0.5, 0.6) is 0 Å². The number of anilines is 1. The Morgan fingerprint density at radius 3 is 2.56 bits per heavy atom. The second-order valence-electron chi connectivity index (χ2n) is 6.95. The summed E-state index contributed by atoms with van der Waals surface area (Å²) in [6.07, 6.45) is 4.53. The van der Waals surface area contributed by atoms with E-state index in [-0.39, 0.29) is 0 Å². The summed E-state index contributed by atoms with van der Waals surface area (Å²) in [5, 5.41) is 2.35. The van der Waals surface area contributed by atoms with Crippen molar-refractivity contribution in [2.24, 2.45) is 0 Å². The van der Waals surface area contributed by atoms with Gasteiger partial charge in [0, 0.05) is 23.3 Å². The lowest BCUT2D eigenvalue weighted by atomic mass is 9.93. The molecule has 2 aromatic heterocycles. The number of hydrogen-bond donors (Lipinski definition) is 1. The van der Waals surface area contributed by atoms with E-state index in [9.17, 15) is 0 Å². The lowest BCUT2D eigenvalue weighted by Gasteiger charge is -2.18. The van der Waals surface area contributed by atoms with Crippen LogP contribution in [0.2, 0.25) is 0 Å². The van der Waals surface area contributed by atoms with E-state index in [1.54, 1.807) is 0 Å². The molecule has 5 rings (SSSR count). The first-order valence-electron chi connectivity index (χ1n) is 9.05. The van der Waals surface area contributed by atoms with Crippen molar-refractivity contribution in [3.63, 3.8) is 0 Å². The molecule has 0 unspecified atom stereocenters. The van der Waals surface area contributed by atoms with Crippen LogP contribution >= 0.6 is 0 Å². The number of nitrogens with two attached hydrogens (primary N) is 1. The standard InChI is InChI=1S/C22H21N3/c23-21-16-10-4-6-12-18(16)24-22-20(21)17-11-5-7-13-19(17)25(22)14-15-8-2-1-3-9-15/h1-3,5,7-9,11,13H,4,6,10,12,14H2,(H2,23,24). The molecule has 0 radical (unpaired) electrons. The average Bonchev–Trinajstić information content (AvgIpc) is 2.97. The predicted molar refractivity (Wildman–Crippen MR) is 104 cm³/mol. The average molecular weight is 327 g/mol. The number of rotatable bonds is 2. The zero-order valence-corrected chi connectivity index (χ0v) is 14.2. The maximum atomic E-state index is 6.66. The number of nitrogens with zero attached hydrogens (tertiary/aromatic N) is 2. The summed E-state index contributed by atoms with van der Waals surface area (Å²) in [4.78, 5) is 5.09. The molecule has 3 nitrogen and oxygen atoms in total. The Kier molecular flexibility index (Phi) is 3.27. The third-order valence-corrected chi connectivity index (χ3v) is 5.40. The van der Waals surface area contributed by atoms with E-state index in [0.29, 0.717) is 0 Å². The Bertz CT molecular complexity index is 1080. The molecule has 0 aliphatic heterocycles. The highest BCUT2D eigenvalue weighted by molar-refractivity contribution is 6.13. The van der Waals surface area contributed by atoms with Gasteiger partial charge in [-0.05, 0) is 42.9 Å². The summed E-state index contributed by atoms with van der Waals surface area (Å²) in [7, 11) is 0. The summed E-state index contributed by atoms with van der Waals surface area (Å²) in [6, 6.07) is 19.1. The van der Waals surface area contributed by atoms with E-state index in [1.165, 1.54) is 40.6 Å². The Labute approximate surface area is 147 Å². The summed E-state index contributed by atoms with van der Waals surface area (Å²) in [6.45, 7) is 0.816. The fraction of sp³-hybridized carbons (Fsp3) is 0.227. The zero-order valence-electron chi connectivity index (χ0n) is 14.2. The van der Waals surface area contributed by atoms with E-state index in [4.69, 9.17) is 10.7 Å². The normalized spacial score (nSPS) is 14.1. The molecule has 0 saturated carbocycles. The van der Waals surface area contributed by atoms with Gasteiger partial charge in [-0.2, -0.15) is 0 Å². The summed E-state index contributed by atoms with van der Waals surface area (Å²) < 4.78 is 2.32. The third kappa shape index (κ3) is 2.23. The molecule has 25 heavy (non-hydrogen) atoms. The van der Waals surface area contributed by atoms with Crippen LogP contribution in [0.1, 0.15) is 29.7 Å². The molecule has 2 N–H and O–H groups in total. The van der Waals surface area contributed by atoms with Crippen LogP contribution in [0.4, 0.5) is 5.69 Å². The highest BCUT2D eigenvalue weighted by Crippen LogP contribution is 2.37. The minimum atomic E-state index is 0.816. The van der Waals surface area contributed by atoms with Crippen molar-refractivity contribution >= 4 is 27.6 Å². The topological polar surface area (TPSA) is 43.8 Å². The fourth-order valence-corrected chi connectivity index (χ4v) is 4.18. The van der Waals surface area contributed by atoms with Gasteiger partial charge in [0.05, 0.1) is 10.9 Å². The Balaban J connectivity index is 1.84. The summed E-state index contributed by atoms with van der Waals surface area (Å²) >= 11 is 0. The first-order chi connectivity index (χ1) is 12.3. The molecule has 0 amide bonds. The van der Waals surface area contributed by atoms with Crippen molar-refractivity contribution in [1.29, 1.82) is 0 Å². The molecule has 0 fully saturated rings. The zero-order chi connectivity index (χ0) is 16.8. The van der Waals surface area contributed by atoms with Gasteiger partial charge in [0.15, 0.2) is 0 Å². The first-order valence-corrected chi connectivity index (χ1v) is 9.05. The second-order valence-corrected chi connectivity index (χ2v) is 6.95. The minimum Gasteiger partial charge on any atom is -0.398 e. The van der Waals surface area contributed by atoms with Crippen molar-refractivity contribution < 1.29 is 0 Å². The maximum Gasteiger partial charge on any atom is 0.143 e. The molecule has 0 spiro atoms. The van der Waals surface area contributed by atoms with Crippen molar-refractivity contribution in [1.82, 2.24) is 9.55 Å². The number of hydrogen-bond acceptors (Lipinski definition) is 2. The summed E-state index contributed by atoms with van der Waals surface area (Å²) in [5.41, 5.74) is 13.6. The molecule has 0 saturated heterocycles. The molecule has 2 aromatic carbocycles. The number of nitrogen functional groups attached to an aromatic ring is 1. The van der Waals surface area contributed by atoms with Gasteiger partial charge in [0.1, 0.15) is 5.65 Å². The molecule has 1 aliphatic carbocycles. The lowest BCUT2D eigenvalue weighted by molar-refractivity contribution is 0.670. The fourth-order valence-electron chi connectivity index (χ4n) is 4.18. The van der Waals surface area contributed by atoms with E-state index in [0.717, 1.165) is 36.1 Å². The quantitative estimate of drug-likeness (QED) is 0.580. The van der Waals surface area contributed by atoms with E-state index < -0.39 is 0 Å². The highest BCUT2D eigenvalue weighted by Gasteiger charge is 2.21. The van der Waals surface area contributed by atoms with Gasteiger partial charge in [-0.15, -0.1) is 0 Å². The van der Waals surface area contributed by atoms with Crippen LogP contribution in [-0.2, 0) is 19.4 Å². The van der Waals surface area contributed by atoms with Gasteiger partial charge in [0.2, 0.25) is 0 Å². The Morgan fingerprint density at radius 2 is 1.68 bits per heavy atom. The van der Waals surface area contributed by atoms with Crippen molar-refractivity contribution in [3.8, 4) is 0 Å². The van der Waals surface area contributed by atoms with Gasteiger partial charge < -0.3 is 10.3 Å². The smallest absolute Gasteiger partial charge is 0.143 e. The monoisotopic (exact) mass is 327 g/mol. The van der Waals surface area contributed by atoms with Crippen LogP contribution < -0.4 is 5.73 Å². The van der Waals surface area contributed by atoms with E-state index >= 15 is 0 Å². The van der Waals surface area contributed by atoms with Gasteiger partial charge in [-0.1, -0.05) is 48.5 Å². The van der Waals surface area contributed by atoms with Gasteiger partial charge in [-0.3, -0.25) is 0 Å². The van der Waals surface area contributed by atoms with Crippen molar-refractivity contribution in [3.05, 3.63) is 71.4 Å². The third-order valence-electron chi connectivity index (χ3n) is 5.40. The van der Waals surface area contributed by atoms with Crippen LogP contribution in [-0.4, -0.2) is 9.55 Å². The summed E-state index contributed by atoms with van der Waals surface area (Å²) in [5.74, 6) is 0. The molecule has 4 aromatic rings. The maximum absolute atomic E-state index is 6.66. The number of pyridine rings is 1. The van der Waals surface area contributed by atoms with E-state index in [2.05, 4.69) is 59.2 Å². The molecule has 124 valence electrons. The van der Waals surface area contributed by atoms with Crippen molar-refractivity contribution in [2.75, 3.05) is 5.73 Å². The molecule has 2 heterocycles. The van der Waals surface area contributed by atoms with Crippen molar-refractivity contribution in [2.45, 2.75) is 32.2 Å². The van der Waals surface area contributed by atoms with Gasteiger partial charge in [0.25, 0.3) is 0 Å². The Hall–Kier alpha value is -2.81.